The van der Waals surface area contributed by atoms with Gasteiger partial charge in [0, 0.05) is 34.7 Å². The maximum absolute atomic E-state index is 13.0. The molecule has 3 rings (SSSR count). The lowest BCUT2D eigenvalue weighted by Crippen LogP contribution is -2.50. The Morgan fingerprint density at radius 3 is 2.50 bits per heavy atom. The fourth-order valence-electron chi connectivity index (χ4n) is 3.35. The second kappa shape index (κ2) is 6.96. The fourth-order valence-corrected chi connectivity index (χ4v) is 4.11. The van der Waals surface area contributed by atoms with Crippen LogP contribution in [-0.4, -0.2) is 37.0 Å². The highest BCUT2D eigenvalue weighted by atomic mass is 35.5. The van der Waals surface area contributed by atoms with Crippen molar-refractivity contribution in [3.8, 4) is 0 Å². The molecule has 122 valence electrons. The number of benzene rings is 1. The van der Waals surface area contributed by atoms with Crippen molar-refractivity contribution in [1.82, 2.24) is 10.2 Å². The highest BCUT2D eigenvalue weighted by Gasteiger charge is 2.55. The third-order valence-electron chi connectivity index (χ3n) is 4.72. The molecule has 1 saturated heterocycles. The normalized spacial score (nSPS) is 22.9. The average Bonchev–Trinajstić information content (AvgIpc) is 3.28. The number of piperidine rings is 1. The predicted molar refractivity (Wildman–Crippen MR) is 93.3 cm³/mol. The minimum atomic E-state index is -0.481. The van der Waals surface area contributed by atoms with Crippen LogP contribution < -0.4 is 5.32 Å². The van der Waals surface area contributed by atoms with Gasteiger partial charge in [-0.2, -0.15) is 0 Å². The first-order chi connectivity index (χ1) is 10.1. The molecule has 0 spiro atoms. The molecule has 1 aliphatic heterocycles. The van der Waals surface area contributed by atoms with Crippen molar-refractivity contribution in [2.75, 3.05) is 20.1 Å². The third-order valence-corrected chi connectivity index (χ3v) is 5.35. The van der Waals surface area contributed by atoms with E-state index in [-0.39, 0.29) is 18.3 Å². The number of hydrogen-bond acceptors (Lipinski definition) is 2. The number of carbonyl (C=O) groups is 1. The first-order valence-electron chi connectivity index (χ1n) is 7.49. The van der Waals surface area contributed by atoms with E-state index in [1.165, 1.54) is 0 Å². The van der Waals surface area contributed by atoms with Gasteiger partial charge in [0.25, 0.3) is 0 Å². The fraction of sp³-hybridized carbons (Fsp3) is 0.562. The zero-order valence-electron chi connectivity index (χ0n) is 12.6. The Labute approximate surface area is 147 Å². The predicted octanol–water partition coefficient (Wildman–Crippen LogP) is 3.66. The molecule has 1 unspecified atom stereocenters. The van der Waals surface area contributed by atoms with E-state index in [0.29, 0.717) is 16.1 Å². The standard InChI is InChI=1S/C16H20Cl2N2O.ClH/c1-19-11-4-3-9-20(10-11)15(21)16(7-8-16)14-12(17)5-2-6-13(14)18;/h2,5-6,11,19H,3-4,7-10H2,1H3;1H. The van der Waals surface area contributed by atoms with Crippen LogP contribution in [0, 0.1) is 0 Å². The molecule has 1 atom stereocenters. The highest BCUT2D eigenvalue weighted by molar-refractivity contribution is 6.36. The first kappa shape index (κ1) is 17.9. The second-order valence-electron chi connectivity index (χ2n) is 6.06. The summed E-state index contributed by atoms with van der Waals surface area (Å²) < 4.78 is 0. The molecule has 0 radical (unpaired) electrons. The summed E-state index contributed by atoms with van der Waals surface area (Å²) in [5.74, 6) is 0.192. The van der Waals surface area contributed by atoms with Crippen LogP contribution in [0.15, 0.2) is 18.2 Å². The van der Waals surface area contributed by atoms with Gasteiger partial charge in [0.2, 0.25) is 5.91 Å². The summed E-state index contributed by atoms with van der Waals surface area (Å²) >= 11 is 12.7. The Morgan fingerprint density at radius 2 is 1.95 bits per heavy atom. The zero-order chi connectivity index (χ0) is 15.0. The largest absolute Gasteiger partial charge is 0.340 e. The van der Waals surface area contributed by atoms with Crippen molar-refractivity contribution < 1.29 is 4.79 Å². The van der Waals surface area contributed by atoms with E-state index in [9.17, 15) is 4.79 Å². The van der Waals surface area contributed by atoms with Gasteiger partial charge >= 0.3 is 0 Å². The Hall–Kier alpha value is -0.480. The molecule has 22 heavy (non-hydrogen) atoms. The molecular weight excluding hydrogens is 343 g/mol. The number of halogens is 3. The summed E-state index contributed by atoms with van der Waals surface area (Å²) in [5.41, 5.74) is 0.343. The number of nitrogens with one attached hydrogen (secondary N) is 1. The van der Waals surface area contributed by atoms with Crippen molar-refractivity contribution in [2.24, 2.45) is 0 Å². The van der Waals surface area contributed by atoms with E-state index >= 15 is 0 Å². The molecule has 0 bridgehead atoms. The molecule has 2 aliphatic rings. The topological polar surface area (TPSA) is 32.3 Å². The quantitative estimate of drug-likeness (QED) is 0.889. The maximum atomic E-state index is 13.0. The van der Waals surface area contributed by atoms with Gasteiger partial charge in [0.1, 0.15) is 0 Å². The summed E-state index contributed by atoms with van der Waals surface area (Å²) in [5, 5.41) is 4.49. The molecule has 2 fully saturated rings. The van der Waals surface area contributed by atoms with Crippen LogP contribution in [0.25, 0.3) is 0 Å². The molecule has 1 N–H and O–H groups in total. The van der Waals surface area contributed by atoms with Crippen molar-refractivity contribution in [2.45, 2.75) is 37.1 Å². The molecule has 1 saturated carbocycles. The van der Waals surface area contributed by atoms with E-state index in [4.69, 9.17) is 23.2 Å². The van der Waals surface area contributed by atoms with Gasteiger partial charge in [0.05, 0.1) is 5.41 Å². The number of rotatable bonds is 3. The number of carbonyl (C=O) groups excluding carboxylic acids is 1. The smallest absolute Gasteiger partial charge is 0.233 e. The summed E-state index contributed by atoms with van der Waals surface area (Å²) in [6.07, 6.45) is 3.86. The Morgan fingerprint density at radius 1 is 1.32 bits per heavy atom. The minimum absolute atomic E-state index is 0. The molecule has 6 heteroatoms. The SMILES string of the molecule is CNC1CCCN(C(=O)C2(c3c(Cl)cccc3Cl)CC2)C1.Cl. The highest BCUT2D eigenvalue weighted by Crippen LogP contribution is 2.54. The Kier molecular flexibility index (Phi) is 5.65. The van der Waals surface area contributed by atoms with E-state index in [1.807, 2.05) is 30.1 Å². The van der Waals surface area contributed by atoms with Crippen LogP contribution in [-0.2, 0) is 10.2 Å². The van der Waals surface area contributed by atoms with Crippen LogP contribution >= 0.6 is 35.6 Å². The minimum Gasteiger partial charge on any atom is -0.340 e. The van der Waals surface area contributed by atoms with Gasteiger partial charge in [0.15, 0.2) is 0 Å². The maximum Gasteiger partial charge on any atom is 0.233 e. The van der Waals surface area contributed by atoms with Crippen molar-refractivity contribution in [3.05, 3.63) is 33.8 Å². The summed E-state index contributed by atoms with van der Waals surface area (Å²) in [6.45, 7) is 1.61. The number of nitrogens with zero attached hydrogens (tertiary/aromatic N) is 1. The van der Waals surface area contributed by atoms with E-state index < -0.39 is 5.41 Å². The van der Waals surface area contributed by atoms with Crippen LogP contribution in [0.3, 0.4) is 0 Å². The molecule has 1 amide bonds. The van der Waals surface area contributed by atoms with E-state index in [1.54, 1.807) is 0 Å². The number of likely N-dealkylation sites (N-methyl/N-ethyl adjacent to an activating group) is 1. The lowest BCUT2D eigenvalue weighted by Gasteiger charge is -2.35. The molecule has 0 aromatic heterocycles. The van der Waals surface area contributed by atoms with Gasteiger partial charge in [-0.1, -0.05) is 29.3 Å². The van der Waals surface area contributed by atoms with Crippen LogP contribution in [0.5, 0.6) is 0 Å². The Bertz CT molecular complexity index is 540. The average molecular weight is 364 g/mol. The number of amides is 1. The summed E-state index contributed by atoms with van der Waals surface area (Å²) in [7, 11) is 1.95. The first-order valence-corrected chi connectivity index (χ1v) is 8.25. The summed E-state index contributed by atoms with van der Waals surface area (Å²) in [4.78, 5) is 15.0. The lowest BCUT2D eigenvalue weighted by molar-refractivity contribution is -0.135. The Balaban J connectivity index is 0.00000176. The second-order valence-corrected chi connectivity index (χ2v) is 6.87. The number of likely N-dealkylation sites (tertiary alicyclic amines) is 1. The van der Waals surface area contributed by atoms with Crippen molar-refractivity contribution in [1.29, 1.82) is 0 Å². The summed E-state index contributed by atoms with van der Waals surface area (Å²) in [6, 6.07) is 5.86. The van der Waals surface area contributed by atoms with Crippen LogP contribution in [0.2, 0.25) is 10.0 Å². The molecule has 1 aromatic carbocycles. The van der Waals surface area contributed by atoms with Gasteiger partial charge in [-0.15, -0.1) is 12.4 Å². The molecular formula is C16H21Cl3N2O. The van der Waals surface area contributed by atoms with E-state index in [0.717, 1.165) is 44.3 Å². The van der Waals surface area contributed by atoms with Crippen LogP contribution in [0.4, 0.5) is 0 Å². The third kappa shape index (κ3) is 3.09. The van der Waals surface area contributed by atoms with E-state index in [2.05, 4.69) is 5.32 Å². The van der Waals surface area contributed by atoms with Gasteiger partial charge in [-0.25, -0.2) is 0 Å². The van der Waals surface area contributed by atoms with Crippen molar-refractivity contribution >= 4 is 41.5 Å². The lowest BCUT2D eigenvalue weighted by atomic mass is 9.92. The molecule has 3 nitrogen and oxygen atoms in total. The van der Waals surface area contributed by atoms with Gasteiger partial charge < -0.3 is 10.2 Å². The zero-order valence-corrected chi connectivity index (χ0v) is 14.9. The van der Waals surface area contributed by atoms with Crippen molar-refractivity contribution in [3.63, 3.8) is 0 Å². The number of hydrogen-bond donors (Lipinski definition) is 1. The molecule has 1 aromatic rings. The van der Waals surface area contributed by atoms with Gasteiger partial charge in [-0.3, -0.25) is 4.79 Å². The monoisotopic (exact) mass is 362 g/mol. The molecule has 1 aliphatic carbocycles. The molecule has 1 heterocycles. The van der Waals surface area contributed by atoms with Crippen LogP contribution in [0.1, 0.15) is 31.2 Å². The van der Waals surface area contributed by atoms with Gasteiger partial charge in [-0.05, 0) is 44.9 Å².